The molecule has 5 rings (SSSR count). The van der Waals surface area contributed by atoms with Crippen molar-refractivity contribution in [3.05, 3.63) is 44.6 Å². The second-order valence-electron chi connectivity index (χ2n) is 11.5. The summed E-state index contributed by atoms with van der Waals surface area (Å²) in [7, 11) is 1.42. The first kappa shape index (κ1) is 30.6. The van der Waals surface area contributed by atoms with E-state index in [1.165, 1.54) is 25.2 Å². The largest absolute Gasteiger partial charge is 0.586 e. The third-order valence-corrected chi connectivity index (χ3v) is 7.08. The van der Waals surface area contributed by atoms with Crippen LogP contribution in [0.4, 0.5) is 19.5 Å². The molecule has 0 saturated carbocycles. The van der Waals surface area contributed by atoms with Gasteiger partial charge in [0.1, 0.15) is 5.60 Å². The first-order chi connectivity index (χ1) is 20.7. The maximum Gasteiger partial charge on any atom is 0.586 e. The number of ether oxygens (including phenoxy) is 3. The van der Waals surface area contributed by atoms with Crippen LogP contribution in [0.15, 0.2) is 27.8 Å². The molecule has 1 atom stereocenters. The van der Waals surface area contributed by atoms with Crippen molar-refractivity contribution in [3.8, 4) is 23.3 Å². The molecule has 0 unspecified atom stereocenters. The SMILES string of the molecule is CC#CCn1c(N2CCC[C@@H](NC(=O)OC(C)(C)C)C2)nc2c1c(=O)n(CC(=O)c1cccc3c1OC(F)(F)O3)c(=O)n2C. The van der Waals surface area contributed by atoms with Crippen molar-refractivity contribution in [2.45, 2.75) is 71.6 Å². The Labute approximate surface area is 250 Å². The monoisotopic (exact) mass is 614 g/mol. The van der Waals surface area contributed by atoms with Crippen molar-refractivity contribution in [1.82, 2.24) is 24.0 Å². The zero-order valence-electron chi connectivity index (χ0n) is 24.9. The average molecular weight is 615 g/mol. The molecule has 15 heteroatoms. The van der Waals surface area contributed by atoms with Gasteiger partial charge in [-0.05, 0) is 52.7 Å². The number of piperidine rings is 1. The fourth-order valence-corrected chi connectivity index (χ4v) is 5.22. The highest BCUT2D eigenvalue weighted by Gasteiger charge is 2.45. The summed E-state index contributed by atoms with van der Waals surface area (Å²) in [6.07, 6.45) is -3.10. The van der Waals surface area contributed by atoms with E-state index >= 15 is 0 Å². The van der Waals surface area contributed by atoms with Crippen LogP contribution in [0.2, 0.25) is 0 Å². The number of aromatic nitrogens is 4. The normalized spacial score (nSPS) is 17.2. The van der Waals surface area contributed by atoms with Gasteiger partial charge < -0.3 is 24.4 Å². The number of halogens is 2. The highest BCUT2D eigenvalue weighted by molar-refractivity contribution is 5.99. The lowest BCUT2D eigenvalue weighted by Gasteiger charge is -2.34. The van der Waals surface area contributed by atoms with Gasteiger partial charge in [0, 0.05) is 26.2 Å². The molecule has 0 radical (unpaired) electrons. The van der Waals surface area contributed by atoms with Gasteiger partial charge in [0.05, 0.1) is 18.7 Å². The summed E-state index contributed by atoms with van der Waals surface area (Å²) in [5.74, 6) is 4.46. The standard InChI is InChI=1S/C29H32F2N6O7/c1-6-7-14-36-21-23(33-25(36)35-13-9-10-17(15-35)32-26(40)44-28(2,3)4)34(5)27(41)37(24(21)39)16-19(38)18-11-8-12-20-22(18)43-29(30,31)42-20/h8,11-12,17H,9-10,13-16H2,1-5H3,(H,32,40)/t17-/m1/s1. The molecule has 3 aromatic rings. The number of alkyl carbamates (subject to hydrolysis) is 1. The minimum absolute atomic E-state index is 0.0317. The first-order valence-electron chi connectivity index (χ1n) is 14.0. The molecule has 4 heterocycles. The maximum absolute atomic E-state index is 13.8. The highest BCUT2D eigenvalue weighted by Crippen LogP contribution is 2.43. The van der Waals surface area contributed by atoms with Gasteiger partial charge >= 0.3 is 18.1 Å². The number of hydrogen-bond acceptors (Lipinski definition) is 9. The summed E-state index contributed by atoms with van der Waals surface area (Å²) in [4.78, 5) is 59.4. The van der Waals surface area contributed by atoms with Crippen molar-refractivity contribution in [1.29, 1.82) is 0 Å². The van der Waals surface area contributed by atoms with Crippen LogP contribution in [0.5, 0.6) is 11.5 Å². The fraction of sp³-hybridized carbons (Fsp3) is 0.483. The Hall–Kier alpha value is -4.87. The molecular weight excluding hydrogens is 582 g/mol. The molecule has 2 aliphatic rings. The zero-order chi connectivity index (χ0) is 32.0. The molecule has 0 bridgehead atoms. The summed E-state index contributed by atoms with van der Waals surface area (Å²) in [6.45, 7) is 7.17. The summed E-state index contributed by atoms with van der Waals surface area (Å²) in [6, 6.07) is 3.52. The molecule has 1 aromatic carbocycles. The van der Waals surface area contributed by atoms with Gasteiger partial charge in [-0.1, -0.05) is 12.0 Å². The van der Waals surface area contributed by atoms with Crippen molar-refractivity contribution in [2.24, 2.45) is 7.05 Å². The van der Waals surface area contributed by atoms with Crippen LogP contribution in [0.1, 0.15) is 50.9 Å². The molecule has 13 nitrogen and oxygen atoms in total. The molecule has 1 amide bonds. The number of imidazole rings is 1. The molecule has 2 aliphatic heterocycles. The number of Topliss-reactive ketones (excluding diaryl/α,β-unsaturated/α-hetero) is 1. The first-order valence-corrected chi connectivity index (χ1v) is 14.0. The Bertz CT molecular complexity index is 1830. The van der Waals surface area contributed by atoms with Crippen molar-refractivity contribution >= 4 is 29.0 Å². The molecule has 0 spiro atoms. The molecule has 1 fully saturated rings. The van der Waals surface area contributed by atoms with Crippen LogP contribution in [0, 0.1) is 11.8 Å². The number of nitrogens with one attached hydrogen (secondary N) is 1. The van der Waals surface area contributed by atoms with E-state index in [9.17, 15) is 28.0 Å². The number of para-hydroxylation sites is 1. The zero-order valence-corrected chi connectivity index (χ0v) is 24.9. The van der Waals surface area contributed by atoms with Crippen molar-refractivity contribution < 1.29 is 32.6 Å². The Balaban J connectivity index is 1.52. The number of benzene rings is 1. The van der Waals surface area contributed by atoms with Gasteiger partial charge in [0.2, 0.25) is 5.95 Å². The number of ketones is 1. The van der Waals surface area contributed by atoms with E-state index in [0.29, 0.717) is 31.9 Å². The van der Waals surface area contributed by atoms with Gasteiger partial charge in [-0.25, -0.2) is 9.59 Å². The Morgan fingerprint density at radius 3 is 2.66 bits per heavy atom. The minimum atomic E-state index is -3.95. The van der Waals surface area contributed by atoms with E-state index in [2.05, 4.69) is 31.6 Å². The Morgan fingerprint density at radius 1 is 1.20 bits per heavy atom. The van der Waals surface area contributed by atoms with Crippen molar-refractivity contribution in [2.75, 3.05) is 18.0 Å². The van der Waals surface area contributed by atoms with E-state index < -0.39 is 47.3 Å². The molecule has 2 aromatic heterocycles. The molecule has 234 valence electrons. The number of alkyl halides is 2. The van der Waals surface area contributed by atoms with E-state index in [1.54, 1.807) is 32.3 Å². The Morgan fingerprint density at radius 2 is 1.95 bits per heavy atom. The number of aryl methyl sites for hydroxylation is 1. The van der Waals surface area contributed by atoms with Crippen LogP contribution in [-0.4, -0.2) is 61.6 Å². The van der Waals surface area contributed by atoms with Gasteiger partial charge in [-0.2, -0.15) is 4.98 Å². The van der Waals surface area contributed by atoms with Gasteiger partial charge in [0.15, 0.2) is 28.4 Å². The third-order valence-electron chi connectivity index (χ3n) is 7.08. The summed E-state index contributed by atoms with van der Waals surface area (Å²) < 4.78 is 45.2. The van der Waals surface area contributed by atoms with Crippen molar-refractivity contribution in [3.63, 3.8) is 0 Å². The molecule has 44 heavy (non-hydrogen) atoms. The second kappa shape index (κ2) is 11.3. The number of hydrogen-bond donors (Lipinski definition) is 1. The number of carbonyl (C=O) groups excluding carboxylic acids is 2. The number of nitrogens with zero attached hydrogens (tertiary/aromatic N) is 5. The van der Waals surface area contributed by atoms with Crippen LogP contribution in [0.3, 0.4) is 0 Å². The number of rotatable bonds is 6. The molecule has 1 N–H and O–H groups in total. The van der Waals surface area contributed by atoms with E-state index in [1.807, 2.05) is 4.90 Å². The number of fused-ring (bicyclic) bond motifs is 2. The maximum atomic E-state index is 13.8. The van der Waals surface area contributed by atoms with Crippen LogP contribution >= 0.6 is 0 Å². The fourth-order valence-electron chi connectivity index (χ4n) is 5.22. The van der Waals surface area contributed by atoms with Crippen LogP contribution in [0.25, 0.3) is 11.2 Å². The Kier molecular flexibility index (Phi) is 7.87. The van der Waals surface area contributed by atoms with E-state index in [4.69, 9.17) is 4.74 Å². The third kappa shape index (κ3) is 5.97. The quantitative estimate of drug-likeness (QED) is 0.328. The lowest BCUT2D eigenvalue weighted by Crippen LogP contribution is -2.49. The van der Waals surface area contributed by atoms with Crippen LogP contribution < -0.4 is 30.9 Å². The van der Waals surface area contributed by atoms with Gasteiger partial charge in [-0.15, -0.1) is 14.7 Å². The topological polar surface area (TPSA) is 139 Å². The van der Waals surface area contributed by atoms with Gasteiger partial charge in [-0.3, -0.25) is 23.3 Å². The predicted molar refractivity (Wildman–Crippen MR) is 154 cm³/mol. The number of carbonyl (C=O) groups is 2. The van der Waals surface area contributed by atoms with Gasteiger partial charge in [0.25, 0.3) is 5.56 Å². The molecule has 0 aliphatic carbocycles. The highest BCUT2D eigenvalue weighted by atomic mass is 19.3. The summed E-state index contributed by atoms with van der Waals surface area (Å²) in [5, 5.41) is 2.88. The second-order valence-corrected chi connectivity index (χ2v) is 11.5. The predicted octanol–water partition coefficient (Wildman–Crippen LogP) is 2.62. The molecular formula is C29H32F2N6O7. The number of amides is 1. The lowest BCUT2D eigenvalue weighted by molar-refractivity contribution is -0.286. The molecule has 1 saturated heterocycles. The van der Waals surface area contributed by atoms with E-state index in [-0.39, 0.29) is 35.1 Å². The van der Waals surface area contributed by atoms with Crippen LogP contribution in [-0.2, 0) is 24.9 Å². The van der Waals surface area contributed by atoms with E-state index in [0.717, 1.165) is 9.13 Å². The smallest absolute Gasteiger partial charge is 0.444 e. The summed E-state index contributed by atoms with van der Waals surface area (Å²) >= 11 is 0. The number of anilines is 1. The minimum Gasteiger partial charge on any atom is -0.444 e. The summed E-state index contributed by atoms with van der Waals surface area (Å²) in [5.41, 5.74) is -2.45. The lowest BCUT2D eigenvalue weighted by atomic mass is 10.1. The average Bonchev–Trinajstić information content (AvgIpc) is 3.48.